The minimum Gasteiger partial charge on any atom is -0.490 e. The van der Waals surface area contributed by atoms with Gasteiger partial charge in [0.2, 0.25) is 0 Å². The second-order valence-corrected chi connectivity index (χ2v) is 5.54. The number of fused-ring (bicyclic) bond motifs is 1. The molecule has 2 aromatic rings. The molecule has 0 unspecified atom stereocenters. The Kier molecular flexibility index (Phi) is 5.21. The van der Waals surface area contributed by atoms with Gasteiger partial charge in [0.05, 0.1) is 6.42 Å². The van der Waals surface area contributed by atoms with Crippen molar-refractivity contribution in [2.45, 2.75) is 13.3 Å². The normalized spacial score (nSPS) is 12.5. The summed E-state index contributed by atoms with van der Waals surface area (Å²) in [4.78, 5) is 11.9. The molecule has 0 amide bonds. The summed E-state index contributed by atoms with van der Waals surface area (Å²) in [6.45, 7) is 3.64. The lowest BCUT2D eigenvalue weighted by molar-refractivity contribution is -0.143. The summed E-state index contributed by atoms with van der Waals surface area (Å²) in [5.74, 6) is 1.86. The van der Waals surface area contributed by atoms with Crippen LogP contribution in [0.1, 0.15) is 11.1 Å². The zero-order valence-corrected chi connectivity index (χ0v) is 13.6. The Labute approximate surface area is 141 Å². The lowest BCUT2D eigenvalue weighted by Crippen LogP contribution is -2.16. The highest BCUT2D eigenvalue weighted by molar-refractivity contribution is 5.73. The van der Waals surface area contributed by atoms with Gasteiger partial charge < -0.3 is 18.9 Å². The van der Waals surface area contributed by atoms with E-state index in [1.807, 2.05) is 49.4 Å². The first-order valence-corrected chi connectivity index (χ1v) is 7.94. The number of hydrogen-bond donors (Lipinski definition) is 0. The molecule has 2 aromatic carbocycles. The highest BCUT2D eigenvalue weighted by Crippen LogP contribution is 2.30. The summed E-state index contributed by atoms with van der Waals surface area (Å²) in [6, 6.07) is 13.2. The lowest BCUT2D eigenvalue weighted by Gasteiger charge is -2.18. The maximum Gasteiger partial charge on any atom is 0.310 e. The number of aryl methyl sites for hydroxylation is 1. The van der Waals surface area contributed by atoms with E-state index in [0.29, 0.717) is 31.3 Å². The maximum atomic E-state index is 11.9. The van der Waals surface area contributed by atoms with Crippen molar-refractivity contribution in [1.29, 1.82) is 0 Å². The van der Waals surface area contributed by atoms with Gasteiger partial charge in [-0.3, -0.25) is 4.79 Å². The standard InChI is InChI=1S/C19H20O5/c1-14-2-5-16(6-3-14)21-8-11-24-19(20)13-15-4-7-17-18(12-15)23-10-9-22-17/h2-7,12H,8-11,13H2,1H3. The summed E-state index contributed by atoms with van der Waals surface area (Å²) >= 11 is 0. The summed E-state index contributed by atoms with van der Waals surface area (Å²) in [5.41, 5.74) is 2.01. The van der Waals surface area contributed by atoms with Crippen LogP contribution in [0.5, 0.6) is 17.2 Å². The van der Waals surface area contributed by atoms with Crippen molar-refractivity contribution in [3.63, 3.8) is 0 Å². The minimum absolute atomic E-state index is 0.196. The summed E-state index contributed by atoms with van der Waals surface area (Å²) in [5, 5.41) is 0. The van der Waals surface area contributed by atoms with Gasteiger partial charge in [-0.05, 0) is 36.8 Å². The first-order chi connectivity index (χ1) is 11.7. The van der Waals surface area contributed by atoms with Crippen LogP contribution in [-0.4, -0.2) is 32.4 Å². The summed E-state index contributed by atoms with van der Waals surface area (Å²) in [6.07, 6.45) is 0.196. The van der Waals surface area contributed by atoms with Crippen LogP contribution >= 0.6 is 0 Å². The Morgan fingerprint density at radius 2 is 1.75 bits per heavy atom. The summed E-state index contributed by atoms with van der Waals surface area (Å²) < 4.78 is 21.7. The number of ether oxygens (including phenoxy) is 4. The zero-order valence-electron chi connectivity index (χ0n) is 13.6. The average Bonchev–Trinajstić information content (AvgIpc) is 2.60. The molecule has 3 rings (SSSR count). The lowest BCUT2D eigenvalue weighted by atomic mass is 10.1. The highest BCUT2D eigenvalue weighted by Gasteiger charge is 2.13. The molecular weight excluding hydrogens is 308 g/mol. The molecule has 0 saturated heterocycles. The van der Waals surface area contributed by atoms with Gasteiger partial charge in [0.25, 0.3) is 0 Å². The van der Waals surface area contributed by atoms with E-state index >= 15 is 0 Å². The van der Waals surface area contributed by atoms with Crippen LogP contribution in [0.2, 0.25) is 0 Å². The molecule has 24 heavy (non-hydrogen) atoms. The van der Waals surface area contributed by atoms with E-state index in [1.165, 1.54) is 5.56 Å². The monoisotopic (exact) mass is 328 g/mol. The predicted octanol–water partition coefficient (Wildman–Crippen LogP) is 2.93. The van der Waals surface area contributed by atoms with Crippen LogP contribution < -0.4 is 14.2 Å². The number of esters is 1. The topological polar surface area (TPSA) is 54.0 Å². The molecule has 0 saturated carbocycles. The molecule has 126 valence electrons. The van der Waals surface area contributed by atoms with Crippen LogP contribution in [0.25, 0.3) is 0 Å². The van der Waals surface area contributed by atoms with Gasteiger partial charge in [-0.15, -0.1) is 0 Å². The molecule has 0 bridgehead atoms. The molecule has 1 aliphatic rings. The van der Waals surface area contributed by atoms with Crippen molar-refractivity contribution in [3.8, 4) is 17.2 Å². The molecule has 0 fully saturated rings. The van der Waals surface area contributed by atoms with Crippen molar-refractivity contribution >= 4 is 5.97 Å². The number of carbonyl (C=O) groups excluding carboxylic acids is 1. The average molecular weight is 328 g/mol. The van der Waals surface area contributed by atoms with Crippen LogP contribution in [-0.2, 0) is 16.0 Å². The van der Waals surface area contributed by atoms with Gasteiger partial charge in [-0.25, -0.2) is 0 Å². The van der Waals surface area contributed by atoms with Crippen LogP contribution in [0.4, 0.5) is 0 Å². The van der Waals surface area contributed by atoms with Gasteiger partial charge in [0, 0.05) is 0 Å². The molecule has 5 heteroatoms. The van der Waals surface area contributed by atoms with Crippen molar-refractivity contribution in [3.05, 3.63) is 53.6 Å². The largest absolute Gasteiger partial charge is 0.490 e. The number of rotatable bonds is 6. The van der Waals surface area contributed by atoms with E-state index < -0.39 is 0 Å². The van der Waals surface area contributed by atoms with Crippen molar-refractivity contribution in [2.24, 2.45) is 0 Å². The van der Waals surface area contributed by atoms with Crippen LogP contribution in [0.3, 0.4) is 0 Å². The van der Waals surface area contributed by atoms with Gasteiger partial charge in [0.1, 0.15) is 32.2 Å². The third-order valence-corrected chi connectivity index (χ3v) is 3.59. The molecule has 1 aliphatic heterocycles. The van der Waals surface area contributed by atoms with Crippen molar-refractivity contribution in [1.82, 2.24) is 0 Å². The molecule has 5 nitrogen and oxygen atoms in total. The van der Waals surface area contributed by atoms with Crippen molar-refractivity contribution in [2.75, 3.05) is 26.4 Å². The molecular formula is C19H20O5. The fourth-order valence-corrected chi connectivity index (χ4v) is 2.36. The quantitative estimate of drug-likeness (QED) is 0.603. The first-order valence-electron chi connectivity index (χ1n) is 7.94. The molecule has 1 heterocycles. The van der Waals surface area contributed by atoms with Crippen LogP contribution in [0, 0.1) is 6.92 Å². The van der Waals surface area contributed by atoms with E-state index in [0.717, 1.165) is 11.3 Å². The van der Waals surface area contributed by atoms with E-state index in [-0.39, 0.29) is 19.0 Å². The van der Waals surface area contributed by atoms with Gasteiger partial charge in [-0.1, -0.05) is 23.8 Å². The second kappa shape index (κ2) is 7.73. The SMILES string of the molecule is Cc1ccc(OCCOC(=O)Cc2ccc3c(c2)OCCO3)cc1. The third-order valence-electron chi connectivity index (χ3n) is 3.59. The van der Waals surface area contributed by atoms with E-state index in [1.54, 1.807) is 0 Å². The molecule has 0 atom stereocenters. The zero-order chi connectivity index (χ0) is 16.8. The predicted molar refractivity (Wildman–Crippen MR) is 88.8 cm³/mol. The smallest absolute Gasteiger partial charge is 0.310 e. The Bertz CT molecular complexity index is 693. The maximum absolute atomic E-state index is 11.9. The van der Waals surface area contributed by atoms with E-state index in [2.05, 4.69) is 0 Å². The molecule has 0 N–H and O–H groups in total. The van der Waals surface area contributed by atoms with Crippen molar-refractivity contribution < 1.29 is 23.7 Å². The second-order valence-electron chi connectivity index (χ2n) is 5.54. The number of benzene rings is 2. The van der Waals surface area contributed by atoms with Gasteiger partial charge >= 0.3 is 5.97 Å². The molecule has 0 radical (unpaired) electrons. The molecule has 0 aromatic heterocycles. The third kappa shape index (κ3) is 4.41. The van der Waals surface area contributed by atoms with Gasteiger partial charge in [0.15, 0.2) is 11.5 Å². The van der Waals surface area contributed by atoms with Gasteiger partial charge in [-0.2, -0.15) is 0 Å². The summed E-state index contributed by atoms with van der Waals surface area (Å²) in [7, 11) is 0. The first kappa shape index (κ1) is 16.2. The van der Waals surface area contributed by atoms with Crippen LogP contribution in [0.15, 0.2) is 42.5 Å². The molecule has 0 aliphatic carbocycles. The fourth-order valence-electron chi connectivity index (χ4n) is 2.36. The van der Waals surface area contributed by atoms with E-state index in [9.17, 15) is 4.79 Å². The van der Waals surface area contributed by atoms with E-state index in [4.69, 9.17) is 18.9 Å². The number of carbonyl (C=O) groups is 1. The molecule has 0 spiro atoms. The fraction of sp³-hybridized carbons (Fsp3) is 0.316. The Hall–Kier alpha value is -2.69. The Balaban J connectivity index is 1.41. The Morgan fingerprint density at radius 3 is 2.54 bits per heavy atom. The highest BCUT2D eigenvalue weighted by atomic mass is 16.6. The Morgan fingerprint density at radius 1 is 1.00 bits per heavy atom. The number of hydrogen-bond acceptors (Lipinski definition) is 5. The minimum atomic E-state index is -0.292.